The monoisotopic (exact) mass is 512 g/mol. The van der Waals surface area contributed by atoms with Crippen LogP contribution in [-0.2, 0) is 17.8 Å². The molecule has 0 spiro atoms. The number of carbonyl (C=O) groups excluding carboxylic acids is 1. The van der Waals surface area contributed by atoms with E-state index in [0.717, 1.165) is 30.2 Å². The summed E-state index contributed by atoms with van der Waals surface area (Å²) in [5.74, 6) is 2.06. The highest BCUT2D eigenvalue weighted by molar-refractivity contribution is 14.0. The minimum atomic E-state index is -0.0706. The average molecular weight is 512 g/mol. The molecule has 2 rings (SSSR count). The fourth-order valence-electron chi connectivity index (χ4n) is 2.68. The molecule has 2 aromatic rings. The van der Waals surface area contributed by atoms with E-state index in [4.69, 9.17) is 9.47 Å². The van der Waals surface area contributed by atoms with Crippen LogP contribution in [-0.4, -0.2) is 39.7 Å². The maximum absolute atomic E-state index is 11.1. The number of carbonyl (C=O) groups is 1. The van der Waals surface area contributed by atoms with Crippen LogP contribution in [0, 0.1) is 0 Å². The highest BCUT2D eigenvalue weighted by Crippen LogP contribution is 2.27. The van der Waals surface area contributed by atoms with Crippen molar-refractivity contribution in [3.8, 4) is 11.5 Å². The zero-order valence-electron chi connectivity index (χ0n) is 17.2. The van der Waals surface area contributed by atoms with Gasteiger partial charge in [0.1, 0.15) is 0 Å². The first-order valence-corrected chi connectivity index (χ1v) is 9.07. The third kappa shape index (κ3) is 8.18. The quantitative estimate of drug-likeness (QED) is 0.288. The Balaban J connectivity index is 0.00000420. The van der Waals surface area contributed by atoms with Gasteiger partial charge in [0, 0.05) is 32.7 Å². The molecule has 0 saturated heterocycles. The number of nitrogens with zero attached hydrogens (tertiary/aromatic N) is 1. The molecule has 0 radical (unpaired) electrons. The molecule has 0 fully saturated rings. The molecule has 0 aliphatic rings. The Morgan fingerprint density at radius 3 is 2.21 bits per heavy atom. The number of ether oxygens (including phenoxy) is 2. The van der Waals surface area contributed by atoms with Gasteiger partial charge < -0.3 is 25.4 Å². The van der Waals surface area contributed by atoms with Crippen LogP contribution < -0.4 is 25.4 Å². The van der Waals surface area contributed by atoms with E-state index in [1.165, 1.54) is 12.5 Å². The maximum atomic E-state index is 11.1. The molecule has 2 aromatic carbocycles. The van der Waals surface area contributed by atoms with Crippen molar-refractivity contribution in [2.45, 2.75) is 19.9 Å². The second kappa shape index (κ2) is 12.9. The number of hydrogen-bond donors (Lipinski definition) is 3. The van der Waals surface area contributed by atoms with Gasteiger partial charge in [-0.3, -0.25) is 9.79 Å². The molecule has 1 amide bonds. The fourth-order valence-corrected chi connectivity index (χ4v) is 2.68. The SMILES string of the molecule is CN=C(NCCc1ccc(NC(C)=O)cc1)NCc1ccc(OC)c(OC)c1.I. The zero-order chi connectivity index (χ0) is 20.4. The first kappa shape index (κ1) is 24.5. The lowest BCUT2D eigenvalue weighted by atomic mass is 10.1. The smallest absolute Gasteiger partial charge is 0.221 e. The predicted octanol–water partition coefficient (Wildman–Crippen LogP) is 3.19. The largest absolute Gasteiger partial charge is 0.493 e. The maximum Gasteiger partial charge on any atom is 0.221 e. The molecule has 0 saturated carbocycles. The number of anilines is 1. The average Bonchev–Trinajstić information content (AvgIpc) is 2.71. The van der Waals surface area contributed by atoms with Gasteiger partial charge in [0.25, 0.3) is 0 Å². The third-order valence-electron chi connectivity index (χ3n) is 4.11. The normalized spacial score (nSPS) is 10.6. The van der Waals surface area contributed by atoms with Crippen LogP contribution in [0.2, 0.25) is 0 Å². The van der Waals surface area contributed by atoms with Gasteiger partial charge in [-0.15, -0.1) is 24.0 Å². The Morgan fingerprint density at radius 1 is 0.966 bits per heavy atom. The predicted molar refractivity (Wildman–Crippen MR) is 128 cm³/mol. The van der Waals surface area contributed by atoms with Gasteiger partial charge in [-0.25, -0.2) is 0 Å². The van der Waals surface area contributed by atoms with Crippen molar-refractivity contribution in [1.29, 1.82) is 0 Å². The highest BCUT2D eigenvalue weighted by Gasteiger charge is 2.05. The Hall–Kier alpha value is -2.49. The minimum Gasteiger partial charge on any atom is -0.493 e. The van der Waals surface area contributed by atoms with Gasteiger partial charge in [0.15, 0.2) is 17.5 Å². The van der Waals surface area contributed by atoms with Gasteiger partial charge >= 0.3 is 0 Å². The summed E-state index contributed by atoms with van der Waals surface area (Å²) in [6.07, 6.45) is 0.845. The molecule has 0 aliphatic carbocycles. The number of rotatable bonds is 8. The van der Waals surface area contributed by atoms with Crippen molar-refractivity contribution < 1.29 is 14.3 Å². The van der Waals surface area contributed by atoms with Crippen molar-refractivity contribution in [3.63, 3.8) is 0 Å². The van der Waals surface area contributed by atoms with Gasteiger partial charge in [0.05, 0.1) is 14.2 Å². The summed E-state index contributed by atoms with van der Waals surface area (Å²) in [7, 11) is 4.99. The number of hydrogen-bond acceptors (Lipinski definition) is 4. The van der Waals surface area contributed by atoms with E-state index in [0.29, 0.717) is 18.0 Å². The van der Waals surface area contributed by atoms with E-state index in [1.807, 2.05) is 42.5 Å². The van der Waals surface area contributed by atoms with Crippen molar-refractivity contribution >= 4 is 41.5 Å². The lowest BCUT2D eigenvalue weighted by Gasteiger charge is -2.13. The van der Waals surface area contributed by atoms with E-state index >= 15 is 0 Å². The Kier molecular flexibility index (Phi) is 10.9. The first-order valence-electron chi connectivity index (χ1n) is 9.07. The topological polar surface area (TPSA) is 84.0 Å². The second-order valence-corrected chi connectivity index (χ2v) is 6.17. The Labute approximate surface area is 189 Å². The van der Waals surface area contributed by atoms with Crippen LogP contribution in [0.1, 0.15) is 18.1 Å². The lowest BCUT2D eigenvalue weighted by molar-refractivity contribution is -0.114. The fraction of sp³-hybridized carbons (Fsp3) is 0.333. The molecule has 0 bridgehead atoms. The van der Waals surface area contributed by atoms with Crippen molar-refractivity contribution in [1.82, 2.24) is 10.6 Å². The summed E-state index contributed by atoms with van der Waals surface area (Å²) in [6, 6.07) is 13.6. The van der Waals surface area contributed by atoms with Gasteiger partial charge in [-0.05, 0) is 41.8 Å². The summed E-state index contributed by atoms with van der Waals surface area (Å²) in [5, 5.41) is 9.35. The molecule has 29 heavy (non-hydrogen) atoms. The number of benzene rings is 2. The van der Waals surface area contributed by atoms with Gasteiger partial charge in [0.2, 0.25) is 5.91 Å². The molecule has 0 aliphatic heterocycles. The van der Waals surface area contributed by atoms with E-state index in [1.54, 1.807) is 21.3 Å². The molecule has 3 N–H and O–H groups in total. The van der Waals surface area contributed by atoms with E-state index in [9.17, 15) is 4.79 Å². The minimum absolute atomic E-state index is 0. The Bertz CT molecular complexity index is 810. The van der Waals surface area contributed by atoms with Gasteiger partial charge in [-0.2, -0.15) is 0 Å². The summed E-state index contributed by atoms with van der Waals surface area (Å²) < 4.78 is 10.6. The number of amides is 1. The summed E-state index contributed by atoms with van der Waals surface area (Å²) in [6.45, 7) is 2.86. The van der Waals surface area contributed by atoms with Crippen LogP contribution >= 0.6 is 24.0 Å². The van der Waals surface area contributed by atoms with Crippen LogP contribution in [0.15, 0.2) is 47.5 Å². The zero-order valence-corrected chi connectivity index (χ0v) is 19.6. The van der Waals surface area contributed by atoms with Crippen LogP contribution in [0.3, 0.4) is 0 Å². The molecular formula is C21H29IN4O3. The number of aliphatic imine (C=N–C) groups is 1. The number of methoxy groups -OCH3 is 2. The van der Waals surface area contributed by atoms with Crippen molar-refractivity contribution in [3.05, 3.63) is 53.6 Å². The second-order valence-electron chi connectivity index (χ2n) is 6.17. The third-order valence-corrected chi connectivity index (χ3v) is 4.11. The number of guanidine groups is 1. The molecule has 0 aromatic heterocycles. The van der Waals surface area contributed by atoms with Crippen molar-refractivity contribution in [2.75, 3.05) is 33.1 Å². The standard InChI is InChI=1S/C21H28N4O3.HI/c1-15(26)25-18-8-5-16(6-9-18)11-12-23-21(22-2)24-14-17-7-10-19(27-3)20(13-17)28-4;/h5-10,13H,11-12,14H2,1-4H3,(H,25,26)(H2,22,23,24);1H. The van der Waals surface area contributed by atoms with Crippen LogP contribution in [0.4, 0.5) is 5.69 Å². The number of halogens is 1. The number of nitrogens with one attached hydrogen (secondary N) is 3. The summed E-state index contributed by atoms with van der Waals surface area (Å²) in [4.78, 5) is 15.3. The molecule has 0 atom stereocenters. The summed E-state index contributed by atoms with van der Waals surface area (Å²) >= 11 is 0. The van der Waals surface area contributed by atoms with Gasteiger partial charge in [-0.1, -0.05) is 18.2 Å². The molecule has 158 valence electrons. The molecule has 0 heterocycles. The molecular weight excluding hydrogens is 483 g/mol. The van der Waals surface area contributed by atoms with Crippen LogP contribution in [0.25, 0.3) is 0 Å². The molecule has 8 heteroatoms. The lowest BCUT2D eigenvalue weighted by Crippen LogP contribution is -2.37. The summed E-state index contributed by atoms with van der Waals surface area (Å²) in [5.41, 5.74) is 3.04. The van der Waals surface area contributed by atoms with E-state index in [-0.39, 0.29) is 29.9 Å². The van der Waals surface area contributed by atoms with E-state index < -0.39 is 0 Å². The van der Waals surface area contributed by atoms with E-state index in [2.05, 4.69) is 20.9 Å². The molecule has 0 unspecified atom stereocenters. The molecule has 7 nitrogen and oxygen atoms in total. The first-order chi connectivity index (χ1) is 13.5. The Morgan fingerprint density at radius 2 is 1.62 bits per heavy atom. The highest BCUT2D eigenvalue weighted by atomic mass is 127. The van der Waals surface area contributed by atoms with Crippen LogP contribution in [0.5, 0.6) is 11.5 Å². The van der Waals surface area contributed by atoms with Crippen molar-refractivity contribution in [2.24, 2.45) is 4.99 Å².